The molecule has 0 aromatic rings. The van der Waals surface area contributed by atoms with Crippen LogP contribution in [0.2, 0.25) is 0 Å². The first kappa shape index (κ1) is 11.6. The predicted octanol–water partition coefficient (Wildman–Crippen LogP) is 3.14. The molecule has 0 rings (SSSR count). The van der Waals surface area contributed by atoms with Crippen LogP contribution in [0.4, 0.5) is 0 Å². The van der Waals surface area contributed by atoms with Gasteiger partial charge in [-0.2, -0.15) is 0 Å². The normalized spacial score (nSPS) is 12.0. The molecule has 1 unspecified atom stereocenters. The molecule has 0 bridgehead atoms. The summed E-state index contributed by atoms with van der Waals surface area (Å²) in [6.07, 6.45) is 8.81. The van der Waals surface area contributed by atoms with Crippen molar-refractivity contribution in [3.05, 3.63) is 12.3 Å². The van der Waals surface area contributed by atoms with Crippen LogP contribution < -0.4 is 0 Å². The monoisotopic (exact) mass is 191 g/mol. The maximum absolute atomic E-state index is 10.0. The fourth-order valence-corrected chi connectivity index (χ4v) is 1.04. The fourth-order valence-electron chi connectivity index (χ4n) is 0.852. The minimum Gasteiger partial charge on any atom is -0.238 e. The van der Waals surface area contributed by atoms with Gasteiger partial charge >= 0.3 is 8.25 Å². The van der Waals surface area contributed by atoms with E-state index in [0.717, 1.165) is 12.8 Å². The van der Waals surface area contributed by atoms with Crippen LogP contribution in [-0.2, 0) is 9.09 Å². The molecule has 12 heavy (non-hydrogen) atoms. The molecule has 70 valence electrons. The second-order valence-electron chi connectivity index (χ2n) is 2.56. The zero-order chi connectivity index (χ0) is 9.23. The number of allylic oxidation sites excluding steroid dienone is 1. The molecule has 0 aliphatic heterocycles. The molecule has 0 heterocycles. The lowest BCUT2D eigenvalue weighted by atomic mass is 10.2. The van der Waals surface area contributed by atoms with Gasteiger partial charge in [0.15, 0.2) is 0 Å². The van der Waals surface area contributed by atoms with Gasteiger partial charge < -0.3 is 0 Å². The molecule has 4 heteroatoms. The largest absolute Gasteiger partial charge is 0.746 e. The van der Waals surface area contributed by atoms with Crippen LogP contribution in [0.5, 0.6) is 0 Å². The molecule has 0 fully saturated rings. The lowest BCUT2D eigenvalue weighted by Gasteiger charge is -1.92. The molecule has 0 saturated heterocycles. The molecule has 0 aliphatic carbocycles. The molecule has 0 aliphatic rings. The van der Waals surface area contributed by atoms with E-state index in [1.165, 1.54) is 25.5 Å². The highest BCUT2D eigenvalue weighted by Gasteiger charge is 2.06. The Kier molecular flexibility index (Phi) is 8.40. The standard InChI is InChI=1S/C8H15O3P/c1-2-3-4-5-6-7-8-11-12(9)10/h7-8H,2-6H2,1H3/p+1. The van der Waals surface area contributed by atoms with E-state index in [0.29, 0.717) is 0 Å². The van der Waals surface area contributed by atoms with E-state index in [1.54, 1.807) is 6.08 Å². The minimum absolute atomic E-state index is 0.920. The Bertz CT molecular complexity index is 145. The number of hydrogen-bond acceptors (Lipinski definition) is 2. The van der Waals surface area contributed by atoms with Crippen LogP contribution >= 0.6 is 8.25 Å². The molecule has 1 atom stereocenters. The topological polar surface area (TPSA) is 46.5 Å². The van der Waals surface area contributed by atoms with Gasteiger partial charge in [0.05, 0.1) is 0 Å². The second-order valence-corrected chi connectivity index (χ2v) is 3.25. The first-order valence-corrected chi connectivity index (χ1v) is 5.38. The highest BCUT2D eigenvalue weighted by Crippen LogP contribution is 2.14. The Hall–Kier alpha value is -0.400. The summed E-state index contributed by atoms with van der Waals surface area (Å²) in [6, 6.07) is 0. The summed E-state index contributed by atoms with van der Waals surface area (Å²) in [5, 5.41) is 0. The Morgan fingerprint density at radius 1 is 1.42 bits per heavy atom. The molecule has 0 amide bonds. The van der Waals surface area contributed by atoms with Crippen LogP contribution in [0.25, 0.3) is 0 Å². The quantitative estimate of drug-likeness (QED) is 0.382. The fraction of sp³-hybridized carbons (Fsp3) is 0.750. The van der Waals surface area contributed by atoms with Crippen LogP contribution in [-0.4, -0.2) is 4.89 Å². The minimum atomic E-state index is -2.46. The van der Waals surface area contributed by atoms with Gasteiger partial charge in [0.2, 0.25) is 0 Å². The van der Waals surface area contributed by atoms with Gasteiger partial charge in [0.1, 0.15) is 6.26 Å². The van der Waals surface area contributed by atoms with E-state index in [2.05, 4.69) is 11.4 Å². The summed E-state index contributed by atoms with van der Waals surface area (Å²) in [4.78, 5) is 8.23. The van der Waals surface area contributed by atoms with E-state index in [-0.39, 0.29) is 0 Å². The van der Waals surface area contributed by atoms with Crippen molar-refractivity contribution < 1.29 is 14.0 Å². The van der Waals surface area contributed by atoms with Crippen molar-refractivity contribution in [1.29, 1.82) is 0 Å². The Morgan fingerprint density at radius 2 is 2.17 bits per heavy atom. The second kappa shape index (κ2) is 8.69. The van der Waals surface area contributed by atoms with Gasteiger partial charge in [-0.05, 0) is 18.9 Å². The molecule has 0 aromatic heterocycles. The van der Waals surface area contributed by atoms with Crippen LogP contribution in [0.1, 0.15) is 39.0 Å². The first-order valence-electron chi connectivity index (χ1n) is 4.25. The van der Waals surface area contributed by atoms with E-state index in [1.807, 2.05) is 0 Å². The van der Waals surface area contributed by atoms with Crippen molar-refractivity contribution in [2.24, 2.45) is 0 Å². The third-order valence-corrected chi connectivity index (χ3v) is 1.77. The smallest absolute Gasteiger partial charge is 0.238 e. The van der Waals surface area contributed by atoms with E-state index in [4.69, 9.17) is 4.89 Å². The third kappa shape index (κ3) is 9.60. The van der Waals surface area contributed by atoms with Gasteiger partial charge in [-0.15, -0.1) is 4.89 Å². The lowest BCUT2D eigenvalue weighted by Crippen LogP contribution is -1.73. The first-order chi connectivity index (χ1) is 5.77. The van der Waals surface area contributed by atoms with Crippen LogP contribution in [0.15, 0.2) is 12.3 Å². The zero-order valence-corrected chi connectivity index (χ0v) is 8.30. The van der Waals surface area contributed by atoms with E-state index >= 15 is 0 Å². The molecule has 0 radical (unpaired) electrons. The molecule has 0 aromatic carbocycles. The average molecular weight is 191 g/mol. The number of hydrogen-bond donors (Lipinski definition) is 1. The summed E-state index contributed by atoms with van der Waals surface area (Å²) >= 11 is 0. The maximum atomic E-state index is 10.0. The van der Waals surface area contributed by atoms with Gasteiger partial charge in [-0.1, -0.05) is 26.2 Å². The van der Waals surface area contributed by atoms with Crippen LogP contribution in [0.3, 0.4) is 0 Å². The van der Waals surface area contributed by atoms with Gasteiger partial charge in [0, 0.05) is 4.57 Å². The maximum Gasteiger partial charge on any atom is 0.746 e. The lowest BCUT2D eigenvalue weighted by molar-refractivity contribution is 0.377. The average Bonchev–Trinajstić information content (AvgIpc) is 2.02. The highest BCUT2D eigenvalue weighted by atomic mass is 31.1. The Morgan fingerprint density at radius 3 is 2.75 bits per heavy atom. The van der Waals surface area contributed by atoms with Gasteiger partial charge in [-0.3, -0.25) is 0 Å². The summed E-state index contributed by atoms with van der Waals surface area (Å²) in [5.41, 5.74) is 0. The van der Waals surface area contributed by atoms with Crippen molar-refractivity contribution in [2.45, 2.75) is 39.0 Å². The van der Waals surface area contributed by atoms with Gasteiger partial charge in [-0.25, -0.2) is 4.52 Å². The summed E-state index contributed by atoms with van der Waals surface area (Å²) in [5.74, 6) is 0. The van der Waals surface area contributed by atoms with Crippen molar-refractivity contribution in [2.75, 3.05) is 0 Å². The summed E-state index contributed by atoms with van der Waals surface area (Å²) < 4.78 is 14.3. The number of unbranched alkanes of at least 4 members (excludes halogenated alkanes) is 4. The molecule has 3 nitrogen and oxygen atoms in total. The molecular weight excluding hydrogens is 175 g/mol. The Labute approximate surface area is 74.4 Å². The van der Waals surface area contributed by atoms with Crippen molar-refractivity contribution >= 4 is 8.25 Å². The van der Waals surface area contributed by atoms with Crippen molar-refractivity contribution in [3.8, 4) is 0 Å². The summed E-state index contributed by atoms with van der Waals surface area (Å²) in [7, 11) is -2.46. The Balaban J connectivity index is 3.08. The van der Waals surface area contributed by atoms with Crippen LogP contribution in [0, 0.1) is 0 Å². The van der Waals surface area contributed by atoms with Crippen molar-refractivity contribution in [3.63, 3.8) is 0 Å². The highest BCUT2D eigenvalue weighted by molar-refractivity contribution is 7.32. The molecule has 1 N–H and O–H groups in total. The zero-order valence-electron chi connectivity index (χ0n) is 7.40. The molecule has 0 saturated carbocycles. The van der Waals surface area contributed by atoms with E-state index < -0.39 is 8.25 Å². The molecular formula is C8H16O3P+. The summed E-state index contributed by atoms with van der Waals surface area (Å²) in [6.45, 7) is 2.16. The van der Waals surface area contributed by atoms with E-state index in [9.17, 15) is 4.57 Å². The SMILES string of the molecule is CCCCCCC=CO[P+](=O)O. The third-order valence-electron chi connectivity index (χ3n) is 1.47. The van der Waals surface area contributed by atoms with Crippen molar-refractivity contribution in [1.82, 2.24) is 0 Å². The number of rotatable bonds is 7. The molecule has 0 spiro atoms. The predicted molar refractivity (Wildman–Crippen MR) is 48.8 cm³/mol. The van der Waals surface area contributed by atoms with Gasteiger partial charge in [0.25, 0.3) is 0 Å².